The number of fused-ring (bicyclic) bond motifs is 6. The number of rotatable bonds is 7. The van der Waals surface area contributed by atoms with Gasteiger partial charge in [0.05, 0.1) is 0 Å². The van der Waals surface area contributed by atoms with Crippen LogP contribution in [0.25, 0.3) is 65.7 Å². The highest BCUT2D eigenvalue weighted by molar-refractivity contribution is 6.25. The van der Waals surface area contributed by atoms with Crippen LogP contribution in [0.15, 0.2) is 133 Å². The average molecular weight is 793 g/mol. The molecule has 7 rings (SSSR count). The molecule has 0 saturated carbocycles. The van der Waals surface area contributed by atoms with Crippen LogP contribution in [-0.4, -0.2) is 24.2 Å². The average Bonchev–Trinajstić information content (AvgIpc) is 3.16. The van der Waals surface area contributed by atoms with E-state index in [1.54, 1.807) is 24.3 Å². The lowest BCUT2D eigenvalue weighted by Gasteiger charge is -2.31. The van der Waals surface area contributed by atoms with Gasteiger partial charge < -0.3 is 0 Å². The van der Waals surface area contributed by atoms with Crippen LogP contribution in [0.2, 0.25) is 0 Å². The van der Waals surface area contributed by atoms with E-state index in [-0.39, 0.29) is 12.1 Å². The third kappa shape index (κ3) is 6.09. The number of alkyl halides is 14. The second-order valence-electron chi connectivity index (χ2n) is 13.1. The van der Waals surface area contributed by atoms with Gasteiger partial charge in [0.15, 0.2) is 0 Å². The maximum absolute atomic E-state index is 14.7. The Kier molecular flexibility index (Phi) is 8.93. The minimum atomic E-state index is -6.97. The number of hydrogen-bond donors (Lipinski definition) is 0. The molecule has 0 aliphatic carbocycles. The van der Waals surface area contributed by atoms with E-state index in [1.165, 1.54) is 12.1 Å². The maximum Gasteiger partial charge on any atom is 0.460 e. The summed E-state index contributed by atoms with van der Waals surface area (Å²) >= 11 is 0. The summed E-state index contributed by atoms with van der Waals surface area (Å²) in [5.41, 5.74) is -4.04. The maximum atomic E-state index is 14.7. The monoisotopic (exact) mass is 792 g/mol. The van der Waals surface area contributed by atoms with Gasteiger partial charge in [0.2, 0.25) is 0 Å². The minimum absolute atomic E-state index is 0.107. The topological polar surface area (TPSA) is 0 Å². The number of halogens is 14. The molecular weight excluding hydrogens is 770 g/mol. The third-order valence-electron chi connectivity index (χ3n) is 9.67. The Labute approximate surface area is 307 Å². The third-order valence-corrected chi connectivity index (χ3v) is 9.67. The molecule has 0 radical (unpaired) electrons. The number of benzene rings is 7. The standard InChI is InChI=1S/C42H22F14/c43-37(44,39(47,48)41(51,52)53)29-19-28(20-30(22-29)38(45,46)40(49,50)42(54,55)56)26-15-11-24(12-16-26)23-9-13-25(14-10-23)27-17-18-35-33-7-2-1-5-31(33)32-6-3-4-8-34(32)36(35)21-27/h1-22H. The van der Waals surface area contributed by atoms with Gasteiger partial charge in [-0.2, -0.15) is 61.5 Å². The van der Waals surface area contributed by atoms with Crippen LogP contribution in [0.3, 0.4) is 0 Å². The summed E-state index contributed by atoms with van der Waals surface area (Å²) in [5.74, 6) is -26.6. The van der Waals surface area contributed by atoms with Crippen LogP contribution < -0.4 is 0 Å². The Balaban J connectivity index is 1.25. The molecule has 0 N–H and O–H groups in total. The predicted molar refractivity (Wildman–Crippen MR) is 185 cm³/mol. The lowest BCUT2D eigenvalue weighted by Crippen LogP contribution is -2.51. The summed E-state index contributed by atoms with van der Waals surface area (Å²) in [5, 5.41) is 6.38. The first-order chi connectivity index (χ1) is 26.1. The molecule has 0 aliphatic rings. The van der Waals surface area contributed by atoms with E-state index in [4.69, 9.17) is 0 Å². The van der Waals surface area contributed by atoms with Gasteiger partial charge in [0.1, 0.15) is 0 Å². The molecular formula is C42H22F14. The minimum Gasteiger partial charge on any atom is -0.194 e. The first kappa shape index (κ1) is 38.6. The molecule has 0 bridgehead atoms. The van der Waals surface area contributed by atoms with Crippen molar-refractivity contribution in [3.8, 4) is 33.4 Å². The van der Waals surface area contributed by atoms with Crippen LogP contribution in [0.1, 0.15) is 11.1 Å². The van der Waals surface area contributed by atoms with E-state index in [0.717, 1.165) is 55.6 Å². The molecule has 0 heterocycles. The Morgan fingerprint density at radius 3 is 0.893 bits per heavy atom. The fourth-order valence-corrected chi connectivity index (χ4v) is 6.67. The van der Waals surface area contributed by atoms with Gasteiger partial charge in [0.25, 0.3) is 0 Å². The molecule has 14 heteroatoms. The van der Waals surface area contributed by atoms with Crippen LogP contribution in [0, 0.1) is 0 Å². The molecule has 0 spiro atoms. The summed E-state index contributed by atoms with van der Waals surface area (Å²) in [4.78, 5) is 0. The van der Waals surface area contributed by atoms with Crippen LogP contribution in [0.5, 0.6) is 0 Å². The van der Waals surface area contributed by atoms with Crippen molar-refractivity contribution in [1.82, 2.24) is 0 Å². The van der Waals surface area contributed by atoms with Crippen LogP contribution in [-0.2, 0) is 11.8 Å². The quantitative estimate of drug-likeness (QED) is 0.111. The largest absolute Gasteiger partial charge is 0.460 e. The summed E-state index contributed by atoms with van der Waals surface area (Å²) in [6.07, 6.45) is -13.9. The highest BCUT2D eigenvalue weighted by atomic mass is 19.4. The zero-order valence-electron chi connectivity index (χ0n) is 28.0. The zero-order chi connectivity index (χ0) is 40.6. The Bertz CT molecular complexity index is 2510. The van der Waals surface area contributed by atoms with E-state index >= 15 is 0 Å². The van der Waals surface area contributed by atoms with E-state index < -0.39 is 64.4 Å². The van der Waals surface area contributed by atoms with E-state index in [1.807, 2.05) is 54.6 Å². The summed E-state index contributed by atoms with van der Waals surface area (Å²) in [6, 6.07) is 32.5. The molecule has 0 saturated heterocycles. The van der Waals surface area contributed by atoms with Gasteiger partial charge in [-0.25, -0.2) is 0 Å². The predicted octanol–water partition coefficient (Wildman–Crippen LogP) is 14.7. The van der Waals surface area contributed by atoms with Crippen molar-refractivity contribution < 1.29 is 61.5 Å². The molecule has 0 unspecified atom stereocenters. The highest BCUT2D eigenvalue weighted by Gasteiger charge is 2.75. The van der Waals surface area contributed by atoms with Gasteiger partial charge in [-0.1, -0.05) is 109 Å². The van der Waals surface area contributed by atoms with E-state index in [2.05, 4.69) is 12.1 Å². The van der Waals surface area contributed by atoms with Crippen molar-refractivity contribution in [3.05, 3.63) is 145 Å². The van der Waals surface area contributed by atoms with Crippen molar-refractivity contribution in [3.63, 3.8) is 0 Å². The van der Waals surface area contributed by atoms with Crippen molar-refractivity contribution in [2.75, 3.05) is 0 Å². The van der Waals surface area contributed by atoms with E-state index in [9.17, 15) is 61.5 Å². The summed E-state index contributed by atoms with van der Waals surface area (Å²) in [7, 11) is 0. The van der Waals surface area contributed by atoms with Gasteiger partial charge >= 0.3 is 36.0 Å². The number of hydrogen-bond acceptors (Lipinski definition) is 0. The Morgan fingerprint density at radius 1 is 0.250 bits per heavy atom. The molecule has 288 valence electrons. The van der Waals surface area contributed by atoms with Crippen molar-refractivity contribution in [2.24, 2.45) is 0 Å². The van der Waals surface area contributed by atoms with Crippen molar-refractivity contribution in [2.45, 2.75) is 36.0 Å². The molecule has 0 amide bonds. The van der Waals surface area contributed by atoms with Gasteiger partial charge in [0, 0.05) is 11.1 Å². The molecule has 56 heavy (non-hydrogen) atoms. The molecule has 0 aliphatic heterocycles. The summed E-state index contributed by atoms with van der Waals surface area (Å²) < 4.78 is 193. The smallest absolute Gasteiger partial charge is 0.194 e. The molecule has 0 atom stereocenters. The van der Waals surface area contributed by atoms with Crippen molar-refractivity contribution in [1.29, 1.82) is 0 Å². The normalized spacial score (nSPS) is 13.5. The zero-order valence-corrected chi connectivity index (χ0v) is 28.0. The second-order valence-corrected chi connectivity index (χ2v) is 13.1. The van der Waals surface area contributed by atoms with E-state index in [0.29, 0.717) is 11.1 Å². The molecule has 7 aromatic rings. The Hall–Kier alpha value is -5.66. The SMILES string of the molecule is FC(F)(F)C(F)(F)C(F)(F)c1cc(-c2ccc(-c3ccc(-c4ccc5c6ccccc6c6ccccc6c5c4)cc3)cc2)cc(C(F)(F)C(F)(F)C(F)(F)F)c1. The fraction of sp³-hybridized carbons (Fsp3) is 0.143. The first-order valence-electron chi connectivity index (χ1n) is 16.4. The lowest BCUT2D eigenvalue weighted by molar-refractivity contribution is -0.361. The molecule has 7 aromatic carbocycles. The Morgan fingerprint density at radius 2 is 0.536 bits per heavy atom. The van der Waals surface area contributed by atoms with Crippen LogP contribution in [0.4, 0.5) is 61.5 Å². The second kappa shape index (κ2) is 13.0. The van der Waals surface area contributed by atoms with Gasteiger partial charge in [-0.3, -0.25) is 0 Å². The molecule has 0 nitrogen and oxygen atoms in total. The summed E-state index contributed by atoms with van der Waals surface area (Å²) in [6.45, 7) is 0. The fourth-order valence-electron chi connectivity index (χ4n) is 6.67. The molecule has 0 fully saturated rings. The molecule has 0 aromatic heterocycles. The lowest BCUT2D eigenvalue weighted by atomic mass is 9.90. The first-order valence-corrected chi connectivity index (χ1v) is 16.4. The van der Waals surface area contributed by atoms with Gasteiger partial charge in [-0.05, 0) is 90.0 Å². The van der Waals surface area contributed by atoms with Crippen molar-refractivity contribution >= 4 is 32.3 Å². The van der Waals surface area contributed by atoms with Gasteiger partial charge in [-0.15, -0.1) is 0 Å². The highest BCUT2D eigenvalue weighted by Crippen LogP contribution is 2.56. The van der Waals surface area contributed by atoms with Crippen LogP contribution >= 0.6 is 0 Å².